The molecule has 0 aliphatic carbocycles. The average molecular weight is 815 g/mol. The molecule has 0 saturated heterocycles. The van der Waals surface area contributed by atoms with Crippen LogP contribution in [0.2, 0.25) is 0 Å². The number of hydrogen-bond donors (Lipinski definition) is 1. The van der Waals surface area contributed by atoms with Crippen LogP contribution in [0.4, 0.5) is 0 Å². The zero-order valence-electron chi connectivity index (χ0n) is 27.2. The summed E-state index contributed by atoms with van der Waals surface area (Å²) in [5.41, 5.74) is 8.95. The van der Waals surface area contributed by atoms with E-state index in [1.54, 1.807) is 0 Å². The number of pyridine rings is 2. The molecule has 6 aromatic carbocycles. The van der Waals surface area contributed by atoms with Gasteiger partial charge in [-0.2, -0.15) is 0 Å². The van der Waals surface area contributed by atoms with Crippen molar-refractivity contribution in [2.24, 2.45) is 0 Å². The number of phenols is 1. The van der Waals surface area contributed by atoms with Crippen molar-refractivity contribution in [1.82, 2.24) is 9.97 Å². The first-order chi connectivity index (χ1) is 23.3. The van der Waals surface area contributed by atoms with Crippen LogP contribution in [-0.4, -0.2) is 15.1 Å². The van der Waals surface area contributed by atoms with Crippen LogP contribution in [0.1, 0.15) is 26.3 Å². The fourth-order valence-electron chi connectivity index (χ4n) is 6.96. The van der Waals surface area contributed by atoms with Crippen molar-refractivity contribution in [1.29, 1.82) is 0 Å². The van der Waals surface area contributed by atoms with Gasteiger partial charge < -0.3 is 9.52 Å². The second-order valence-electron chi connectivity index (χ2n) is 13.5. The molecule has 0 saturated carbocycles. The van der Waals surface area contributed by atoms with Crippen LogP contribution < -0.4 is 0 Å². The van der Waals surface area contributed by atoms with Gasteiger partial charge in [-0.15, -0.1) is 23.8 Å². The maximum Gasteiger partial charge on any atom is 0.144 e. The minimum Gasteiger partial charge on any atom is -0.507 e. The summed E-state index contributed by atoms with van der Waals surface area (Å²) in [6.45, 7) is 6.65. The molecule has 5 heteroatoms. The molecule has 1 N–H and O–H groups in total. The van der Waals surface area contributed by atoms with Crippen LogP contribution in [0.3, 0.4) is 0 Å². The van der Waals surface area contributed by atoms with E-state index in [0.29, 0.717) is 5.39 Å². The predicted octanol–water partition coefficient (Wildman–Crippen LogP) is 11.6. The summed E-state index contributed by atoms with van der Waals surface area (Å²) >= 11 is 0. The Hall–Kier alpha value is -5.31. The van der Waals surface area contributed by atoms with Crippen LogP contribution >= 0.6 is 0 Å². The Balaban J connectivity index is 0.00000348. The first-order valence-electron chi connectivity index (χ1n) is 16.2. The van der Waals surface area contributed by atoms with Gasteiger partial charge in [-0.05, 0) is 45.5 Å². The van der Waals surface area contributed by atoms with E-state index in [2.05, 4.69) is 93.6 Å². The quantitative estimate of drug-likeness (QED) is 0.143. The Bertz CT molecular complexity index is 2720. The SMILES string of the molecule is CC(C)(C)c1cc(-c2cc(-c3ccccc3)ccn2)[c-]c(-c2ccc3c4ccccc4c4c5oc6ccccc6c5cc(O)c4c3n2)c1.[Pt]. The van der Waals surface area contributed by atoms with E-state index in [4.69, 9.17) is 14.4 Å². The van der Waals surface area contributed by atoms with Gasteiger partial charge in [0.05, 0.1) is 10.9 Å². The molecule has 3 aromatic heterocycles. The second-order valence-corrected chi connectivity index (χ2v) is 13.5. The number of fused-ring (bicyclic) bond motifs is 10. The molecule has 0 aliphatic rings. The number of furan rings is 1. The summed E-state index contributed by atoms with van der Waals surface area (Å²) in [6.07, 6.45) is 1.86. The minimum atomic E-state index is -0.124. The Morgan fingerprint density at radius 3 is 2.08 bits per heavy atom. The number of benzene rings is 6. The first kappa shape index (κ1) is 31.0. The second kappa shape index (κ2) is 11.7. The van der Waals surface area contributed by atoms with E-state index in [9.17, 15) is 5.11 Å². The number of aromatic hydroxyl groups is 1. The number of phenolic OH excluding ortho intramolecular Hbond substituents is 1. The maximum absolute atomic E-state index is 11.7. The monoisotopic (exact) mass is 814 g/mol. The van der Waals surface area contributed by atoms with Crippen molar-refractivity contribution in [2.45, 2.75) is 26.2 Å². The van der Waals surface area contributed by atoms with Crippen LogP contribution in [0.15, 0.2) is 132 Å². The maximum atomic E-state index is 11.7. The molecule has 0 bridgehead atoms. The van der Waals surface area contributed by atoms with E-state index in [-0.39, 0.29) is 32.2 Å². The van der Waals surface area contributed by atoms with Gasteiger partial charge in [0.25, 0.3) is 0 Å². The van der Waals surface area contributed by atoms with E-state index < -0.39 is 0 Å². The summed E-state index contributed by atoms with van der Waals surface area (Å²) in [4.78, 5) is 10.1. The van der Waals surface area contributed by atoms with E-state index in [1.165, 1.54) is 0 Å². The van der Waals surface area contributed by atoms with E-state index in [1.807, 2.05) is 60.8 Å². The molecule has 240 valence electrons. The fraction of sp³-hybridized carbons (Fsp3) is 0.0909. The number of rotatable bonds is 3. The average Bonchev–Trinajstić information content (AvgIpc) is 3.49. The fourth-order valence-corrected chi connectivity index (χ4v) is 6.96. The molecule has 3 heterocycles. The summed E-state index contributed by atoms with van der Waals surface area (Å²) in [7, 11) is 0. The molecule has 9 rings (SSSR count). The zero-order valence-corrected chi connectivity index (χ0v) is 29.5. The molecule has 49 heavy (non-hydrogen) atoms. The summed E-state index contributed by atoms with van der Waals surface area (Å²) in [5.74, 6) is 0.180. The summed E-state index contributed by atoms with van der Waals surface area (Å²) in [5, 5.41) is 18.2. The van der Waals surface area contributed by atoms with Gasteiger partial charge in [0.2, 0.25) is 0 Å². The molecule has 0 unspecified atom stereocenters. The minimum absolute atomic E-state index is 0. The standard InChI is InChI=1S/C44H31N2O2.Pt/c1-44(2,3)30-22-28(21-29(23-30)37-24-27(19-20-45-37)26-11-5-4-6-12-26)36-18-17-34-31-13-7-8-15-33(31)40-41(42(34)46-36)38(47)25-35-32-14-9-10-16-39(32)48-43(35)40;/h4-20,22-25,47H,1-3H3;/q-1;. The topological polar surface area (TPSA) is 59.2 Å². The van der Waals surface area contributed by atoms with E-state index >= 15 is 0 Å². The van der Waals surface area contributed by atoms with Gasteiger partial charge in [0.15, 0.2) is 0 Å². The van der Waals surface area contributed by atoms with Gasteiger partial charge in [0, 0.05) is 60.2 Å². The van der Waals surface area contributed by atoms with Crippen molar-refractivity contribution < 1.29 is 30.6 Å². The third-order valence-corrected chi connectivity index (χ3v) is 9.42. The Labute approximate surface area is 298 Å². The van der Waals surface area contributed by atoms with Crippen molar-refractivity contribution in [3.8, 4) is 39.4 Å². The van der Waals surface area contributed by atoms with Gasteiger partial charge >= 0.3 is 0 Å². The molecule has 9 aromatic rings. The van der Waals surface area contributed by atoms with Crippen molar-refractivity contribution in [3.05, 3.63) is 139 Å². The predicted molar refractivity (Wildman–Crippen MR) is 197 cm³/mol. The van der Waals surface area contributed by atoms with Gasteiger partial charge in [-0.25, -0.2) is 0 Å². The van der Waals surface area contributed by atoms with Gasteiger partial charge in [-0.1, -0.05) is 123 Å². The van der Waals surface area contributed by atoms with Crippen LogP contribution in [0.5, 0.6) is 5.75 Å². The van der Waals surface area contributed by atoms with Gasteiger partial charge in [-0.3, -0.25) is 9.97 Å². The summed E-state index contributed by atoms with van der Waals surface area (Å²) in [6, 6.07) is 44.8. The molecule has 0 radical (unpaired) electrons. The Morgan fingerprint density at radius 1 is 0.612 bits per heavy atom. The van der Waals surface area contributed by atoms with Crippen molar-refractivity contribution in [2.75, 3.05) is 0 Å². The molecule has 0 atom stereocenters. The van der Waals surface area contributed by atoms with Crippen molar-refractivity contribution >= 4 is 54.4 Å². The Kier molecular flexibility index (Phi) is 7.39. The largest absolute Gasteiger partial charge is 0.507 e. The van der Waals surface area contributed by atoms with Crippen LogP contribution in [-0.2, 0) is 26.5 Å². The van der Waals surface area contributed by atoms with E-state index in [0.717, 1.165) is 88.2 Å². The van der Waals surface area contributed by atoms with Crippen LogP contribution in [0.25, 0.3) is 88.0 Å². The van der Waals surface area contributed by atoms with Crippen molar-refractivity contribution in [3.63, 3.8) is 0 Å². The Morgan fingerprint density at radius 2 is 1.31 bits per heavy atom. The number of nitrogens with zero attached hydrogens (tertiary/aromatic N) is 2. The smallest absolute Gasteiger partial charge is 0.144 e. The number of aromatic nitrogens is 2. The molecule has 0 spiro atoms. The molecule has 0 aliphatic heterocycles. The number of hydrogen-bond acceptors (Lipinski definition) is 4. The first-order valence-corrected chi connectivity index (χ1v) is 16.2. The van der Waals surface area contributed by atoms with Crippen LogP contribution in [0, 0.1) is 6.07 Å². The normalized spacial score (nSPS) is 11.9. The molecule has 0 amide bonds. The molecule has 0 fully saturated rings. The third-order valence-electron chi connectivity index (χ3n) is 9.42. The summed E-state index contributed by atoms with van der Waals surface area (Å²) < 4.78 is 6.50. The number of para-hydroxylation sites is 1. The third kappa shape index (κ3) is 5.10. The molecular weight excluding hydrogens is 784 g/mol. The molecule has 4 nitrogen and oxygen atoms in total. The molecular formula is C44H31N2O2Pt-. The zero-order chi connectivity index (χ0) is 32.6. The van der Waals surface area contributed by atoms with Gasteiger partial charge in [0.1, 0.15) is 16.9 Å².